The molecule has 158 valence electrons. The number of hydrogen-bond acceptors (Lipinski definition) is 2. The molecule has 5 heteroatoms. The van der Waals surface area contributed by atoms with Gasteiger partial charge in [0.2, 0.25) is 5.91 Å². The first-order valence-electron chi connectivity index (χ1n) is 9.97. The van der Waals surface area contributed by atoms with Crippen molar-refractivity contribution in [1.82, 2.24) is 0 Å². The van der Waals surface area contributed by atoms with E-state index in [1.54, 1.807) is 30.3 Å². The van der Waals surface area contributed by atoms with Crippen molar-refractivity contribution in [2.24, 2.45) is 0 Å². The summed E-state index contributed by atoms with van der Waals surface area (Å²) in [5.74, 6) is -0.395. The third-order valence-electron chi connectivity index (χ3n) is 4.72. The molecule has 0 atom stereocenters. The molecular formula is C26H25BrN2O2. The smallest absolute Gasteiger partial charge is 0.255 e. The van der Waals surface area contributed by atoms with E-state index in [9.17, 15) is 9.59 Å². The number of nitrogens with one attached hydrogen (secondary N) is 2. The molecule has 0 heterocycles. The number of carbonyl (C=O) groups excluding carboxylic acids is 2. The minimum absolute atomic E-state index is 0.0444. The average Bonchev–Trinajstić information content (AvgIpc) is 2.74. The van der Waals surface area contributed by atoms with E-state index in [2.05, 4.69) is 47.3 Å². The zero-order valence-corrected chi connectivity index (χ0v) is 19.4. The van der Waals surface area contributed by atoms with Gasteiger partial charge in [-0.1, -0.05) is 61.0 Å². The molecule has 0 fully saturated rings. The van der Waals surface area contributed by atoms with Gasteiger partial charge in [-0.05, 0) is 71.1 Å². The van der Waals surface area contributed by atoms with Crippen LogP contribution >= 0.6 is 15.9 Å². The third-order valence-corrected chi connectivity index (χ3v) is 5.25. The van der Waals surface area contributed by atoms with Crippen LogP contribution in [0.5, 0.6) is 0 Å². The number of hydrogen-bond donors (Lipinski definition) is 2. The fourth-order valence-electron chi connectivity index (χ4n) is 2.89. The highest BCUT2D eigenvalue weighted by Crippen LogP contribution is 2.22. The Bertz CT molecular complexity index is 1080. The molecule has 0 aliphatic carbocycles. The van der Waals surface area contributed by atoms with E-state index in [1.807, 2.05) is 48.5 Å². The normalized spacial score (nSPS) is 11.4. The fraction of sp³-hybridized carbons (Fsp3) is 0.154. The zero-order chi connectivity index (χ0) is 22.4. The number of carbonyl (C=O) groups is 2. The van der Waals surface area contributed by atoms with E-state index in [0.717, 1.165) is 10.0 Å². The Labute approximate surface area is 191 Å². The Morgan fingerprint density at radius 3 is 1.87 bits per heavy atom. The van der Waals surface area contributed by atoms with E-state index in [-0.39, 0.29) is 17.2 Å². The maximum Gasteiger partial charge on any atom is 0.255 e. The SMILES string of the molecule is CC(C)(C)c1ccc(C(=O)Nc2ccc(NC(=O)C=Cc3ccc(Br)cc3)cc2)cc1. The topological polar surface area (TPSA) is 58.2 Å². The minimum Gasteiger partial charge on any atom is -0.323 e. The third kappa shape index (κ3) is 6.66. The summed E-state index contributed by atoms with van der Waals surface area (Å²) < 4.78 is 0.989. The predicted molar refractivity (Wildman–Crippen MR) is 131 cm³/mol. The molecule has 4 nitrogen and oxygen atoms in total. The molecular weight excluding hydrogens is 452 g/mol. The maximum absolute atomic E-state index is 12.5. The molecule has 0 spiro atoms. The summed E-state index contributed by atoms with van der Waals surface area (Å²) in [6.45, 7) is 6.41. The standard InChI is InChI=1S/C26H25BrN2O2/c1-26(2,3)20-9-7-19(8-10-20)25(31)29-23-15-13-22(14-16-23)28-24(30)17-6-18-4-11-21(27)12-5-18/h4-17H,1-3H3,(H,28,30)(H,29,31). The highest BCUT2D eigenvalue weighted by atomic mass is 79.9. The minimum atomic E-state index is -0.223. The molecule has 3 aromatic carbocycles. The Kier molecular flexibility index (Phi) is 7.08. The van der Waals surface area contributed by atoms with Crippen LogP contribution in [0.3, 0.4) is 0 Å². The first kappa shape index (κ1) is 22.5. The van der Waals surface area contributed by atoms with Crippen LogP contribution < -0.4 is 10.6 Å². The maximum atomic E-state index is 12.5. The van der Waals surface area contributed by atoms with Gasteiger partial charge in [-0.3, -0.25) is 9.59 Å². The molecule has 0 saturated heterocycles. The van der Waals surface area contributed by atoms with Gasteiger partial charge in [-0.25, -0.2) is 0 Å². The second-order valence-corrected chi connectivity index (χ2v) is 9.15. The Morgan fingerprint density at radius 2 is 1.32 bits per heavy atom. The van der Waals surface area contributed by atoms with E-state index in [4.69, 9.17) is 0 Å². The average molecular weight is 477 g/mol. The number of benzene rings is 3. The van der Waals surface area contributed by atoms with E-state index in [0.29, 0.717) is 16.9 Å². The van der Waals surface area contributed by atoms with E-state index < -0.39 is 0 Å². The summed E-state index contributed by atoms with van der Waals surface area (Å²) in [6.07, 6.45) is 3.24. The summed E-state index contributed by atoms with van der Waals surface area (Å²) in [5, 5.41) is 5.69. The highest BCUT2D eigenvalue weighted by Gasteiger charge is 2.14. The molecule has 3 aromatic rings. The second kappa shape index (κ2) is 9.75. The lowest BCUT2D eigenvalue weighted by Gasteiger charge is -2.19. The lowest BCUT2D eigenvalue weighted by molar-refractivity contribution is -0.111. The zero-order valence-electron chi connectivity index (χ0n) is 17.8. The summed E-state index contributed by atoms with van der Waals surface area (Å²) in [4.78, 5) is 24.6. The van der Waals surface area contributed by atoms with Crippen LogP contribution in [0, 0.1) is 0 Å². The van der Waals surface area contributed by atoms with Crippen LogP contribution in [-0.2, 0) is 10.2 Å². The Morgan fingerprint density at radius 1 is 0.774 bits per heavy atom. The monoisotopic (exact) mass is 476 g/mol. The van der Waals surface area contributed by atoms with Crippen molar-refractivity contribution in [2.45, 2.75) is 26.2 Å². The molecule has 0 aliphatic heterocycles. The van der Waals surface area contributed by atoms with Crippen LogP contribution in [0.15, 0.2) is 83.3 Å². The van der Waals surface area contributed by atoms with Crippen LogP contribution in [0.25, 0.3) is 6.08 Å². The first-order valence-corrected chi connectivity index (χ1v) is 10.8. The largest absolute Gasteiger partial charge is 0.323 e. The van der Waals surface area contributed by atoms with Crippen molar-refractivity contribution in [3.8, 4) is 0 Å². The molecule has 0 aliphatic rings. The van der Waals surface area contributed by atoms with Gasteiger partial charge in [0.25, 0.3) is 5.91 Å². The molecule has 0 bridgehead atoms. The Hall–Kier alpha value is -3.18. The fourth-order valence-corrected chi connectivity index (χ4v) is 3.16. The molecule has 31 heavy (non-hydrogen) atoms. The molecule has 0 unspecified atom stereocenters. The van der Waals surface area contributed by atoms with Gasteiger partial charge in [0, 0.05) is 27.5 Å². The van der Waals surface area contributed by atoms with Gasteiger partial charge in [0.1, 0.15) is 0 Å². The predicted octanol–water partition coefficient (Wildman–Crippen LogP) is 6.65. The van der Waals surface area contributed by atoms with E-state index >= 15 is 0 Å². The van der Waals surface area contributed by atoms with Crippen LogP contribution in [0.2, 0.25) is 0 Å². The second-order valence-electron chi connectivity index (χ2n) is 8.23. The van der Waals surface area contributed by atoms with Gasteiger partial charge in [0.15, 0.2) is 0 Å². The van der Waals surface area contributed by atoms with Gasteiger partial charge in [0.05, 0.1) is 0 Å². The van der Waals surface area contributed by atoms with Crippen molar-refractivity contribution >= 4 is 45.2 Å². The number of amides is 2. The molecule has 0 aromatic heterocycles. The van der Waals surface area contributed by atoms with Crippen LogP contribution in [0.1, 0.15) is 42.3 Å². The number of rotatable bonds is 5. The first-order chi connectivity index (χ1) is 14.7. The molecule has 2 N–H and O–H groups in total. The van der Waals surface area contributed by atoms with Crippen molar-refractivity contribution in [3.05, 3.63) is 100 Å². The Balaban J connectivity index is 1.56. The van der Waals surface area contributed by atoms with Crippen molar-refractivity contribution in [3.63, 3.8) is 0 Å². The summed E-state index contributed by atoms with van der Waals surface area (Å²) in [6, 6.07) is 22.3. The number of halogens is 1. The van der Waals surface area contributed by atoms with Crippen molar-refractivity contribution in [2.75, 3.05) is 10.6 Å². The lowest BCUT2D eigenvalue weighted by atomic mass is 9.87. The van der Waals surface area contributed by atoms with E-state index in [1.165, 1.54) is 11.6 Å². The van der Waals surface area contributed by atoms with Crippen molar-refractivity contribution < 1.29 is 9.59 Å². The van der Waals surface area contributed by atoms with Crippen LogP contribution in [-0.4, -0.2) is 11.8 Å². The molecule has 0 saturated carbocycles. The van der Waals surface area contributed by atoms with Crippen LogP contribution in [0.4, 0.5) is 11.4 Å². The molecule has 0 radical (unpaired) electrons. The summed E-state index contributed by atoms with van der Waals surface area (Å²) in [5.41, 5.74) is 4.07. The molecule has 3 rings (SSSR count). The summed E-state index contributed by atoms with van der Waals surface area (Å²) >= 11 is 3.38. The van der Waals surface area contributed by atoms with Crippen molar-refractivity contribution in [1.29, 1.82) is 0 Å². The summed E-state index contributed by atoms with van der Waals surface area (Å²) in [7, 11) is 0. The van der Waals surface area contributed by atoms with Gasteiger partial charge in [-0.15, -0.1) is 0 Å². The quantitative estimate of drug-likeness (QED) is 0.404. The van der Waals surface area contributed by atoms with Gasteiger partial charge >= 0.3 is 0 Å². The van der Waals surface area contributed by atoms with Gasteiger partial charge < -0.3 is 10.6 Å². The van der Waals surface area contributed by atoms with Gasteiger partial charge in [-0.2, -0.15) is 0 Å². The number of anilines is 2. The lowest BCUT2D eigenvalue weighted by Crippen LogP contribution is -2.14. The highest BCUT2D eigenvalue weighted by molar-refractivity contribution is 9.10. The molecule has 2 amide bonds.